The van der Waals surface area contributed by atoms with E-state index in [1.54, 1.807) is 0 Å². The second-order valence-corrected chi connectivity index (χ2v) is 8.66. The number of rotatable bonds is 10. The van der Waals surface area contributed by atoms with Crippen LogP contribution in [0.4, 0.5) is 0 Å². The highest BCUT2D eigenvalue weighted by atomic mass is 14.9. The predicted octanol–water partition coefficient (Wildman–Crippen LogP) is 7.43. The van der Waals surface area contributed by atoms with Gasteiger partial charge in [-0.05, 0) is 67.3 Å². The molecule has 1 aromatic heterocycles. The predicted molar refractivity (Wildman–Crippen MR) is 119 cm³/mol. The molecule has 3 nitrogen and oxygen atoms in total. The van der Waals surface area contributed by atoms with E-state index in [2.05, 4.69) is 23.0 Å². The number of benzene rings is 1. The molecule has 2 aromatic rings. The van der Waals surface area contributed by atoms with Crippen molar-refractivity contribution < 1.29 is 0 Å². The fourth-order valence-electron chi connectivity index (χ4n) is 4.57. The summed E-state index contributed by atoms with van der Waals surface area (Å²) in [4.78, 5) is 9.19. The van der Waals surface area contributed by atoms with Gasteiger partial charge in [-0.1, -0.05) is 58.3 Å². The number of hydrogen-bond acceptors (Lipinski definition) is 3. The molecule has 1 aliphatic carbocycles. The smallest absolute Gasteiger partial charge is 0.159 e. The first kappa shape index (κ1) is 21.5. The molecule has 0 radical (unpaired) electrons. The van der Waals surface area contributed by atoms with Gasteiger partial charge in [0, 0.05) is 18.0 Å². The van der Waals surface area contributed by atoms with Crippen LogP contribution in [0.15, 0.2) is 36.7 Å². The molecule has 3 heteroatoms. The summed E-state index contributed by atoms with van der Waals surface area (Å²) in [6.07, 6.45) is 20.6. The van der Waals surface area contributed by atoms with E-state index in [0.29, 0.717) is 11.5 Å². The zero-order valence-electron chi connectivity index (χ0n) is 17.9. The molecule has 0 unspecified atom stereocenters. The largest absolute Gasteiger partial charge is 0.236 e. The third-order valence-electron chi connectivity index (χ3n) is 6.48. The van der Waals surface area contributed by atoms with E-state index in [1.807, 2.05) is 36.7 Å². The second kappa shape index (κ2) is 11.7. The van der Waals surface area contributed by atoms with Crippen LogP contribution in [0.2, 0.25) is 0 Å². The lowest BCUT2D eigenvalue weighted by Gasteiger charge is -2.28. The fourth-order valence-corrected chi connectivity index (χ4v) is 4.57. The Hall–Kier alpha value is -2.21. The molecule has 0 aliphatic heterocycles. The van der Waals surface area contributed by atoms with Gasteiger partial charge in [-0.2, -0.15) is 5.26 Å². The molecule has 1 aromatic carbocycles. The minimum atomic E-state index is 0.621. The van der Waals surface area contributed by atoms with E-state index in [1.165, 1.54) is 82.6 Å². The van der Waals surface area contributed by atoms with Crippen molar-refractivity contribution in [1.29, 1.82) is 5.26 Å². The van der Waals surface area contributed by atoms with Crippen LogP contribution >= 0.6 is 0 Å². The van der Waals surface area contributed by atoms with E-state index in [-0.39, 0.29) is 0 Å². The minimum absolute atomic E-state index is 0.621. The Morgan fingerprint density at radius 1 is 0.862 bits per heavy atom. The first-order valence-corrected chi connectivity index (χ1v) is 11.6. The highest BCUT2D eigenvalue weighted by Gasteiger charge is 2.22. The normalized spacial score (nSPS) is 19.0. The van der Waals surface area contributed by atoms with Gasteiger partial charge < -0.3 is 0 Å². The van der Waals surface area contributed by atoms with Crippen LogP contribution in [0.5, 0.6) is 0 Å². The third-order valence-corrected chi connectivity index (χ3v) is 6.48. The molecule has 0 bridgehead atoms. The monoisotopic (exact) mass is 389 g/mol. The van der Waals surface area contributed by atoms with Crippen LogP contribution in [0.25, 0.3) is 11.4 Å². The van der Waals surface area contributed by atoms with Crippen LogP contribution in [-0.4, -0.2) is 9.97 Å². The zero-order valence-corrected chi connectivity index (χ0v) is 17.9. The van der Waals surface area contributed by atoms with Crippen molar-refractivity contribution in [2.75, 3.05) is 0 Å². The molecular weight excluding hydrogens is 354 g/mol. The fraction of sp³-hybridized carbons (Fsp3) is 0.577. The minimum Gasteiger partial charge on any atom is -0.236 e. The SMILES string of the molecule is CCCCCCCCC[C@H]1CC[C@H](c2cnc(-c3ccc(C#N)cc3)nc2)CC1. The van der Waals surface area contributed by atoms with Crippen LogP contribution in [0.3, 0.4) is 0 Å². The number of nitrogens with zero attached hydrogens (tertiary/aromatic N) is 3. The lowest BCUT2D eigenvalue weighted by molar-refractivity contribution is 0.301. The third kappa shape index (κ3) is 6.67. The second-order valence-electron chi connectivity index (χ2n) is 8.66. The topological polar surface area (TPSA) is 49.6 Å². The van der Waals surface area contributed by atoms with Crippen molar-refractivity contribution in [1.82, 2.24) is 9.97 Å². The Balaban J connectivity index is 1.40. The van der Waals surface area contributed by atoms with Gasteiger partial charge in [0.1, 0.15) is 0 Å². The highest BCUT2D eigenvalue weighted by molar-refractivity contribution is 5.56. The number of hydrogen-bond donors (Lipinski definition) is 0. The molecule has 1 fully saturated rings. The molecule has 1 heterocycles. The van der Waals surface area contributed by atoms with E-state index in [4.69, 9.17) is 5.26 Å². The van der Waals surface area contributed by atoms with Crippen molar-refractivity contribution in [2.24, 2.45) is 5.92 Å². The molecule has 29 heavy (non-hydrogen) atoms. The van der Waals surface area contributed by atoms with Gasteiger partial charge in [-0.3, -0.25) is 0 Å². The maximum absolute atomic E-state index is 8.92. The van der Waals surface area contributed by atoms with Crippen molar-refractivity contribution in [3.05, 3.63) is 47.8 Å². The molecular formula is C26H35N3. The van der Waals surface area contributed by atoms with E-state index < -0.39 is 0 Å². The maximum Gasteiger partial charge on any atom is 0.159 e. The summed E-state index contributed by atoms with van der Waals surface area (Å²) in [5.41, 5.74) is 2.92. The summed E-state index contributed by atoms with van der Waals surface area (Å²) in [5, 5.41) is 8.92. The quantitative estimate of drug-likeness (QED) is 0.397. The van der Waals surface area contributed by atoms with Crippen molar-refractivity contribution >= 4 is 0 Å². The van der Waals surface area contributed by atoms with Gasteiger partial charge in [-0.15, -0.1) is 0 Å². The van der Waals surface area contributed by atoms with Crippen molar-refractivity contribution in [3.8, 4) is 17.5 Å². The highest BCUT2D eigenvalue weighted by Crippen LogP contribution is 2.37. The standard InChI is InChI=1S/C26H35N3/c1-2-3-4-5-6-7-8-9-21-10-14-23(15-11-21)25-19-28-26(29-20-25)24-16-12-22(18-27)13-17-24/h12-13,16-17,19-21,23H,2-11,14-15H2,1H3/t21-,23-. The molecule has 0 N–H and O–H groups in total. The van der Waals surface area contributed by atoms with Crippen molar-refractivity contribution in [3.63, 3.8) is 0 Å². The summed E-state index contributed by atoms with van der Waals surface area (Å²) in [6.45, 7) is 2.28. The first-order chi connectivity index (χ1) is 14.3. The number of unbranched alkanes of at least 4 members (excludes halogenated alkanes) is 6. The average Bonchev–Trinajstić information content (AvgIpc) is 2.79. The van der Waals surface area contributed by atoms with Crippen LogP contribution in [-0.2, 0) is 0 Å². The Morgan fingerprint density at radius 2 is 1.48 bits per heavy atom. The van der Waals surface area contributed by atoms with Crippen LogP contribution in [0, 0.1) is 17.2 Å². The van der Waals surface area contributed by atoms with Crippen LogP contribution < -0.4 is 0 Å². The Morgan fingerprint density at radius 3 is 2.10 bits per heavy atom. The Bertz CT molecular complexity index is 750. The number of nitriles is 1. The summed E-state index contributed by atoms with van der Waals surface area (Å²) in [5.74, 6) is 2.29. The van der Waals surface area contributed by atoms with Gasteiger partial charge in [-0.25, -0.2) is 9.97 Å². The Kier molecular flexibility index (Phi) is 8.68. The molecule has 0 saturated heterocycles. The molecule has 0 amide bonds. The molecule has 1 saturated carbocycles. The van der Waals surface area contributed by atoms with Gasteiger partial charge in [0.2, 0.25) is 0 Å². The summed E-state index contributed by atoms with van der Waals surface area (Å²) < 4.78 is 0. The lowest BCUT2D eigenvalue weighted by atomic mass is 9.77. The van der Waals surface area contributed by atoms with Crippen LogP contribution in [0.1, 0.15) is 101 Å². The van der Waals surface area contributed by atoms with E-state index in [0.717, 1.165) is 17.3 Å². The summed E-state index contributed by atoms with van der Waals surface area (Å²) >= 11 is 0. The first-order valence-electron chi connectivity index (χ1n) is 11.6. The van der Waals surface area contributed by atoms with Gasteiger partial charge >= 0.3 is 0 Å². The molecule has 0 spiro atoms. The van der Waals surface area contributed by atoms with E-state index in [9.17, 15) is 0 Å². The molecule has 1 aliphatic rings. The molecule has 0 atom stereocenters. The maximum atomic E-state index is 8.92. The van der Waals surface area contributed by atoms with Gasteiger partial charge in [0.15, 0.2) is 5.82 Å². The molecule has 3 rings (SSSR count). The summed E-state index contributed by atoms with van der Waals surface area (Å²) in [7, 11) is 0. The Labute approximate surface area is 176 Å². The van der Waals surface area contributed by atoms with Gasteiger partial charge in [0.05, 0.1) is 11.6 Å². The summed E-state index contributed by atoms with van der Waals surface area (Å²) in [6, 6.07) is 9.62. The lowest BCUT2D eigenvalue weighted by Crippen LogP contribution is -2.14. The van der Waals surface area contributed by atoms with Crippen molar-refractivity contribution in [2.45, 2.75) is 89.9 Å². The van der Waals surface area contributed by atoms with Gasteiger partial charge in [0.25, 0.3) is 0 Å². The zero-order chi connectivity index (χ0) is 20.3. The molecule has 154 valence electrons. The number of aromatic nitrogens is 2. The average molecular weight is 390 g/mol. The van der Waals surface area contributed by atoms with E-state index >= 15 is 0 Å².